The normalized spacial score (nSPS) is 21.9. The molecular weight excluding hydrogens is 561 g/mol. The number of hydrogen-bond acceptors (Lipinski definition) is 4. The number of carboxylic acid groups (broad SMARTS) is 1. The van der Waals surface area contributed by atoms with E-state index in [-0.39, 0.29) is 29.0 Å². The van der Waals surface area contributed by atoms with Gasteiger partial charge in [0.1, 0.15) is 11.9 Å². The van der Waals surface area contributed by atoms with Crippen molar-refractivity contribution in [2.75, 3.05) is 39.3 Å². The van der Waals surface area contributed by atoms with E-state index in [2.05, 4.69) is 86.7 Å². The maximum atomic E-state index is 14.3. The van der Waals surface area contributed by atoms with E-state index >= 15 is 0 Å². The Morgan fingerprint density at radius 1 is 1.11 bits per heavy atom. The van der Waals surface area contributed by atoms with Gasteiger partial charge in [0.05, 0.1) is 0 Å². The Bertz CT molecular complexity index is 1310. The summed E-state index contributed by atoms with van der Waals surface area (Å²) in [5.41, 5.74) is 6.17. The van der Waals surface area contributed by atoms with Crippen LogP contribution in [0.4, 0.5) is 4.39 Å². The predicted molar refractivity (Wildman–Crippen MR) is 184 cm³/mol. The minimum absolute atomic E-state index is 0.0547. The molecule has 5 nitrogen and oxygen atoms in total. The number of halogens is 1. The highest BCUT2D eigenvalue weighted by atomic mass is 19.1. The van der Waals surface area contributed by atoms with Crippen molar-refractivity contribution in [2.24, 2.45) is 17.8 Å². The second kappa shape index (κ2) is 15.6. The summed E-state index contributed by atoms with van der Waals surface area (Å²) >= 11 is 0. The van der Waals surface area contributed by atoms with Crippen LogP contribution >= 0.6 is 0 Å². The van der Waals surface area contributed by atoms with Crippen molar-refractivity contribution < 1.29 is 14.3 Å². The third kappa shape index (κ3) is 9.29. The number of carbonyl (C=O) groups is 1. The van der Waals surface area contributed by atoms with Crippen LogP contribution in [0.2, 0.25) is 0 Å². The molecule has 2 aliphatic heterocycles. The van der Waals surface area contributed by atoms with Crippen molar-refractivity contribution in [3.63, 3.8) is 0 Å². The summed E-state index contributed by atoms with van der Waals surface area (Å²) in [4.78, 5) is 17.0. The average Bonchev–Trinajstić information content (AvgIpc) is 3.39. The van der Waals surface area contributed by atoms with Gasteiger partial charge < -0.3 is 15.3 Å². The summed E-state index contributed by atoms with van der Waals surface area (Å²) in [6.45, 7) is 22.5. The van der Waals surface area contributed by atoms with Gasteiger partial charge in [-0.15, -0.1) is 0 Å². The van der Waals surface area contributed by atoms with E-state index in [0.29, 0.717) is 12.5 Å². The number of rotatable bonds is 13. The van der Waals surface area contributed by atoms with Crippen LogP contribution in [0.15, 0.2) is 72.5 Å². The zero-order chi connectivity index (χ0) is 32.7. The molecule has 2 N–H and O–H groups in total. The van der Waals surface area contributed by atoms with E-state index in [1.807, 2.05) is 13.0 Å². The van der Waals surface area contributed by atoms with Crippen molar-refractivity contribution in [1.29, 1.82) is 0 Å². The molecule has 45 heavy (non-hydrogen) atoms. The number of nitrogens with one attached hydrogen (secondary N) is 1. The van der Waals surface area contributed by atoms with Gasteiger partial charge in [-0.2, -0.15) is 0 Å². The zero-order valence-electron chi connectivity index (χ0n) is 28.5. The molecule has 0 amide bonds. The van der Waals surface area contributed by atoms with E-state index in [1.54, 1.807) is 12.1 Å². The van der Waals surface area contributed by atoms with Gasteiger partial charge >= 0.3 is 5.97 Å². The average molecular weight is 618 g/mol. The first kappa shape index (κ1) is 34.9. The molecule has 0 aliphatic carbocycles. The molecule has 4 atom stereocenters. The van der Waals surface area contributed by atoms with Crippen LogP contribution in [0.25, 0.3) is 0 Å². The van der Waals surface area contributed by atoms with Gasteiger partial charge in [0.2, 0.25) is 0 Å². The second-order valence-electron chi connectivity index (χ2n) is 14.5. The van der Waals surface area contributed by atoms with Crippen LogP contribution in [0, 0.1) is 23.6 Å². The Balaban J connectivity index is 1.41. The van der Waals surface area contributed by atoms with E-state index in [1.165, 1.54) is 22.9 Å². The molecule has 4 rings (SSSR count). The lowest BCUT2D eigenvalue weighted by Crippen LogP contribution is -2.45. The minimum atomic E-state index is -0.755. The first-order chi connectivity index (χ1) is 21.4. The third-order valence-corrected chi connectivity index (χ3v) is 10.1. The SMILES string of the molecule is C=C(/C=C(\NCC)C1CCN(C[C@H]2CN(C(C(=O)O)C(C)CC)CC2c2cccc(F)c2)CC1)Cc1ccc(C(C)(C)C)cc1. The maximum Gasteiger partial charge on any atom is 0.321 e. The summed E-state index contributed by atoms with van der Waals surface area (Å²) < 4.78 is 14.3. The number of allylic oxidation sites excluding steroid dienone is 3. The van der Waals surface area contributed by atoms with Gasteiger partial charge in [-0.1, -0.05) is 84.0 Å². The Labute approximate surface area is 271 Å². The first-order valence-electron chi connectivity index (χ1n) is 17.1. The fraction of sp³-hybridized carbons (Fsp3) is 0.564. The number of piperidine rings is 1. The van der Waals surface area contributed by atoms with Gasteiger partial charge in [-0.25, -0.2) is 4.39 Å². The number of likely N-dealkylation sites (tertiary alicyclic amines) is 2. The Morgan fingerprint density at radius 2 is 1.80 bits per heavy atom. The molecule has 246 valence electrons. The highest BCUT2D eigenvalue weighted by Gasteiger charge is 2.42. The van der Waals surface area contributed by atoms with Crippen molar-refractivity contribution in [1.82, 2.24) is 15.1 Å². The summed E-state index contributed by atoms with van der Waals surface area (Å²) in [6, 6.07) is 15.3. The molecule has 2 aromatic carbocycles. The number of benzene rings is 2. The fourth-order valence-electron chi connectivity index (χ4n) is 7.35. The zero-order valence-corrected chi connectivity index (χ0v) is 28.5. The van der Waals surface area contributed by atoms with Crippen LogP contribution in [-0.2, 0) is 16.6 Å². The molecule has 2 saturated heterocycles. The summed E-state index contributed by atoms with van der Waals surface area (Å²) in [7, 11) is 0. The first-order valence-corrected chi connectivity index (χ1v) is 17.1. The van der Waals surface area contributed by atoms with Crippen LogP contribution in [0.1, 0.15) is 83.4 Å². The minimum Gasteiger partial charge on any atom is -0.480 e. The molecule has 2 heterocycles. The number of nitrogens with zero attached hydrogens (tertiary/aromatic N) is 2. The fourth-order valence-corrected chi connectivity index (χ4v) is 7.35. The summed E-state index contributed by atoms with van der Waals surface area (Å²) in [5, 5.41) is 13.8. The molecule has 2 aliphatic rings. The van der Waals surface area contributed by atoms with Gasteiger partial charge in [0, 0.05) is 43.7 Å². The van der Waals surface area contributed by atoms with Gasteiger partial charge in [-0.05, 0) is 97.0 Å². The van der Waals surface area contributed by atoms with E-state index in [9.17, 15) is 14.3 Å². The van der Waals surface area contributed by atoms with Gasteiger partial charge in [-0.3, -0.25) is 9.69 Å². The van der Waals surface area contributed by atoms with Crippen molar-refractivity contribution in [2.45, 2.75) is 84.6 Å². The van der Waals surface area contributed by atoms with Crippen molar-refractivity contribution in [3.05, 3.63) is 95.0 Å². The molecule has 2 aromatic rings. The molecule has 0 saturated carbocycles. The van der Waals surface area contributed by atoms with Gasteiger partial charge in [0.15, 0.2) is 0 Å². The lowest BCUT2D eigenvalue weighted by atomic mass is 9.86. The van der Waals surface area contributed by atoms with Crippen molar-refractivity contribution >= 4 is 5.97 Å². The van der Waals surface area contributed by atoms with E-state index in [0.717, 1.165) is 69.5 Å². The molecule has 2 fully saturated rings. The van der Waals surface area contributed by atoms with Crippen LogP contribution < -0.4 is 5.32 Å². The predicted octanol–water partition coefficient (Wildman–Crippen LogP) is 7.64. The lowest BCUT2D eigenvalue weighted by molar-refractivity contribution is -0.145. The summed E-state index contributed by atoms with van der Waals surface area (Å²) in [6.07, 6.45) is 6.06. The molecule has 6 heteroatoms. The van der Waals surface area contributed by atoms with E-state index < -0.39 is 12.0 Å². The molecule has 0 spiro atoms. The lowest BCUT2D eigenvalue weighted by Gasteiger charge is -2.36. The molecule has 3 unspecified atom stereocenters. The monoisotopic (exact) mass is 617 g/mol. The Kier molecular flexibility index (Phi) is 12.1. The number of aliphatic carboxylic acids is 1. The molecular formula is C39H56FN3O2. The quantitative estimate of drug-likeness (QED) is 0.226. The van der Waals surface area contributed by atoms with E-state index in [4.69, 9.17) is 0 Å². The number of carboxylic acids is 1. The molecule has 0 aromatic heterocycles. The third-order valence-electron chi connectivity index (χ3n) is 10.1. The largest absolute Gasteiger partial charge is 0.480 e. The van der Waals surface area contributed by atoms with Crippen LogP contribution in [0.5, 0.6) is 0 Å². The highest BCUT2D eigenvalue weighted by molar-refractivity contribution is 5.74. The molecule has 0 bridgehead atoms. The standard InChI is InChI=1S/C39H56FN3O2/c1-8-28(4)37(38(44)45)43-25-32(35(26-43)31-11-10-12-34(40)23-31)24-42-19-17-30(18-20-42)36(41-9-2)22-27(3)21-29-13-15-33(16-14-29)39(5,6)7/h10-16,22-23,28,30,32,35,37,41H,3,8-9,17-21,24-26H2,1-2,4-7H3,(H,44,45)/b36-22-/t28?,32-,35?,37?/m0/s1. The van der Waals surface area contributed by atoms with Crippen LogP contribution in [-0.4, -0.2) is 66.2 Å². The number of hydrogen-bond donors (Lipinski definition) is 2. The maximum absolute atomic E-state index is 14.3. The smallest absolute Gasteiger partial charge is 0.321 e. The van der Waals surface area contributed by atoms with Crippen LogP contribution in [0.3, 0.4) is 0 Å². The Morgan fingerprint density at radius 3 is 2.38 bits per heavy atom. The summed E-state index contributed by atoms with van der Waals surface area (Å²) in [5.74, 6) is -0.102. The molecule has 0 radical (unpaired) electrons. The van der Waals surface area contributed by atoms with Crippen molar-refractivity contribution in [3.8, 4) is 0 Å². The topological polar surface area (TPSA) is 55.8 Å². The second-order valence-corrected chi connectivity index (χ2v) is 14.5. The highest BCUT2D eigenvalue weighted by Crippen LogP contribution is 2.37. The van der Waals surface area contributed by atoms with Gasteiger partial charge in [0.25, 0.3) is 0 Å². The Hall–Kier alpha value is -2.96.